The first-order valence-electron chi connectivity index (χ1n) is 7.27. The van der Waals surface area contributed by atoms with E-state index >= 15 is 0 Å². The van der Waals surface area contributed by atoms with Crippen LogP contribution >= 0.6 is 0 Å². The van der Waals surface area contributed by atoms with Gasteiger partial charge in [-0.25, -0.2) is 0 Å². The number of amides is 2. The van der Waals surface area contributed by atoms with Gasteiger partial charge in [-0.3, -0.25) is 9.59 Å². The number of ether oxygens (including phenoxy) is 1. The summed E-state index contributed by atoms with van der Waals surface area (Å²) in [5.41, 5.74) is 6.28. The van der Waals surface area contributed by atoms with Crippen molar-refractivity contribution < 1.29 is 14.3 Å². The highest BCUT2D eigenvalue weighted by Crippen LogP contribution is 2.22. The van der Waals surface area contributed by atoms with Gasteiger partial charge in [-0.1, -0.05) is 6.07 Å². The summed E-state index contributed by atoms with van der Waals surface area (Å²) in [7, 11) is 1.64. The normalized spacial score (nSPS) is 14.6. The Kier molecular flexibility index (Phi) is 5.60. The third-order valence-electron chi connectivity index (χ3n) is 3.67. The average molecular weight is 306 g/mol. The molecule has 1 aliphatic rings. The lowest BCUT2D eigenvalue weighted by Crippen LogP contribution is -2.51. The standard InChI is InChI=1S/C15H22N4O3/c1-22-13-4-2-3-12(9-13)18-5-7-19(8-6-18)15(21)11-17-14(20)10-16/h2-4,9H,5-8,10-11,16H2,1H3,(H,17,20). The molecule has 1 aromatic rings. The number of nitrogens with two attached hydrogens (primary N) is 1. The SMILES string of the molecule is COc1cccc(N2CCN(C(=O)CNC(=O)CN)CC2)c1. The molecule has 120 valence electrons. The van der Waals surface area contributed by atoms with E-state index in [1.807, 2.05) is 24.3 Å². The number of hydrogen-bond donors (Lipinski definition) is 2. The molecule has 0 spiro atoms. The summed E-state index contributed by atoms with van der Waals surface area (Å²) in [6.07, 6.45) is 0. The molecule has 3 N–H and O–H groups in total. The predicted molar refractivity (Wildman–Crippen MR) is 83.9 cm³/mol. The van der Waals surface area contributed by atoms with Crippen LogP contribution in [-0.2, 0) is 9.59 Å². The zero-order valence-electron chi connectivity index (χ0n) is 12.7. The molecule has 1 aromatic carbocycles. The van der Waals surface area contributed by atoms with Crippen LogP contribution in [0.25, 0.3) is 0 Å². The molecule has 0 radical (unpaired) electrons. The lowest BCUT2D eigenvalue weighted by Gasteiger charge is -2.36. The van der Waals surface area contributed by atoms with Crippen molar-refractivity contribution in [3.05, 3.63) is 24.3 Å². The zero-order valence-corrected chi connectivity index (χ0v) is 12.7. The van der Waals surface area contributed by atoms with Gasteiger partial charge in [-0.15, -0.1) is 0 Å². The van der Waals surface area contributed by atoms with Gasteiger partial charge < -0.3 is 25.6 Å². The van der Waals surface area contributed by atoms with Gasteiger partial charge in [0.05, 0.1) is 20.2 Å². The molecule has 1 fully saturated rings. The molecule has 0 aromatic heterocycles. The van der Waals surface area contributed by atoms with E-state index in [2.05, 4.69) is 10.2 Å². The van der Waals surface area contributed by atoms with Crippen molar-refractivity contribution in [2.45, 2.75) is 0 Å². The van der Waals surface area contributed by atoms with Crippen LogP contribution in [0.5, 0.6) is 5.75 Å². The fourth-order valence-electron chi connectivity index (χ4n) is 2.38. The summed E-state index contributed by atoms with van der Waals surface area (Å²) in [4.78, 5) is 27.0. The molecule has 0 bridgehead atoms. The van der Waals surface area contributed by atoms with Crippen molar-refractivity contribution in [3.8, 4) is 5.75 Å². The van der Waals surface area contributed by atoms with Gasteiger partial charge in [-0.2, -0.15) is 0 Å². The third kappa shape index (κ3) is 4.11. The summed E-state index contributed by atoms with van der Waals surface area (Å²) in [6, 6.07) is 7.87. The summed E-state index contributed by atoms with van der Waals surface area (Å²) in [5.74, 6) is 0.427. The largest absolute Gasteiger partial charge is 0.497 e. The molecule has 7 nitrogen and oxygen atoms in total. The second-order valence-electron chi connectivity index (χ2n) is 5.05. The van der Waals surface area contributed by atoms with Crippen molar-refractivity contribution in [2.75, 3.05) is 51.3 Å². The Labute approximate surface area is 130 Å². The van der Waals surface area contributed by atoms with Gasteiger partial charge in [0.15, 0.2) is 0 Å². The minimum Gasteiger partial charge on any atom is -0.497 e. The van der Waals surface area contributed by atoms with E-state index in [1.54, 1.807) is 12.0 Å². The minimum absolute atomic E-state index is 0.00912. The maximum Gasteiger partial charge on any atom is 0.242 e. The monoisotopic (exact) mass is 306 g/mol. The Bertz CT molecular complexity index is 527. The number of rotatable bonds is 5. The smallest absolute Gasteiger partial charge is 0.242 e. The van der Waals surface area contributed by atoms with Gasteiger partial charge in [0.25, 0.3) is 0 Å². The predicted octanol–water partition coefficient (Wildman–Crippen LogP) is -0.581. The van der Waals surface area contributed by atoms with Crippen molar-refractivity contribution in [2.24, 2.45) is 5.73 Å². The van der Waals surface area contributed by atoms with E-state index in [1.165, 1.54) is 0 Å². The second-order valence-corrected chi connectivity index (χ2v) is 5.05. The second kappa shape index (κ2) is 7.65. The number of benzene rings is 1. The van der Waals surface area contributed by atoms with Crippen LogP contribution in [0, 0.1) is 0 Å². The Morgan fingerprint density at radius 3 is 2.64 bits per heavy atom. The Morgan fingerprint density at radius 2 is 2.00 bits per heavy atom. The highest BCUT2D eigenvalue weighted by Gasteiger charge is 2.21. The minimum atomic E-state index is -0.316. The number of hydrogen-bond acceptors (Lipinski definition) is 5. The van der Waals surface area contributed by atoms with Crippen molar-refractivity contribution in [1.29, 1.82) is 0 Å². The number of nitrogens with zero attached hydrogens (tertiary/aromatic N) is 2. The molecular weight excluding hydrogens is 284 g/mol. The van der Waals surface area contributed by atoms with E-state index in [0.29, 0.717) is 13.1 Å². The fraction of sp³-hybridized carbons (Fsp3) is 0.467. The Balaban J connectivity index is 1.84. The quantitative estimate of drug-likeness (QED) is 0.760. The summed E-state index contributed by atoms with van der Waals surface area (Å²) >= 11 is 0. The van der Waals surface area contributed by atoms with Gasteiger partial charge >= 0.3 is 0 Å². The van der Waals surface area contributed by atoms with Crippen LogP contribution in [0.15, 0.2) is 24.3 Å². The number of anilines is 1. The first-order chi connectivity index (χ1) is 10.6. The highest BCUT2D eigenvalue weighted by molar-refractivity contribution is 5.85. The molecular formula is C15H22N4O3. The lowest BCUT2D eigenvalue weighted by atomic mass is 10.2. The molecule has 0 atom stereocenters. The van der Waals surface area contributed by atoms with E-state index in [-0.39, 0.29) is 24.9 Å². The molecule has 22 heavy (non-hydrogen) atoms. The summed E-state index contributed by atoms with van der Waals surface area (Å²) < 4.78 is 5.23. The maximum atomic E-state index is 12.0. The topological polar surface area (TPSA) is 87.9 Å². The van der Waals surface area contributed by atoms with Crippen LogP contribution in [0.4, 0.5) is 5.69 Å². The van der Waals surface area contributed by atoms with Crippen LogP contribution in [0.2, 0.25) is 0 Å². The van der Waals surface area contributed by atoms with Gasteiger partial charge in [0, 0.05) is 37.9 Å². The van der Waals surface area contributed by atoms with Crippen molar-refractivity contribution >= 4 is 17.5 Å². The van der Waals surface area contributed by atoms with Gasteiger partial charge in [0.2, 0.25) is 11.8 Å². The highest BCUT2D eigenvalue weighted by atomic mass is 16.5. The summed E-state index contributed by atoms with van der Waals surface area (Å²) in [6.45, 7) is 2.68. The van der Waals surface area contributed by atoms with Gasteiger partial charge in [-0.05, 0) is 12.1 Å². The molecule has 0 saturated carbocycles. The first kappa shape index (κ1) is 16.1. The molecule has 2 rings (SSSR count). The molecule has 0 aliphatic carbocycles. The molecule has 7 heteroatoms. The fourth-order valence-corrected chi connectivity index (χ4v) is 2.38. The van der Waals surface area contributed by atoms with Crippen LogP contribution in [-0.4, -0.2) is 63.1 Å². The first-order valence-corrected chi connectivity index (χ1v) is 7.27. The number of piperazine rings is 1. The van der Waals surface area contributed by atoms with Crippen molar-refractivity contribution in [3.63, 3.8) is 0 Å². The van der Waals surface area contributed by atoms with Crippen LogP contribution in [0.1, 0.15) is 0 Å². The molecule has 0 unspecified atom stereocenters. The third-order valence-corrected chi connectivity index (χ3v) is 3.67. The van der Waals surface area contributed by atoms with E-state index < -0.39 is 0 Å². The zero-order chi connectivity index (χ0) is 15.9. The van der Waals surface area contributed by atoms with E-state index in [0.717, 1.165) is 24.5 Å². The molecule has 2 amide bonds. The number of methoxy groups -OCH3 is 1. The Morgan fingerprint density at radius 1 is 1.27 bits per heavy atom. The number of carbonyl (C=O) groups excluding carboxylic acids is 2. The van der Waals surface area contributed by atoms with E-state index in [9.17, 15) is 9.59 Å². The summed E-state index contributed by atoms with van der Waals surface area (Å²) in [5, 5.41) is 2.50. The Hall–Kier alpha value is -2.28. The lowest BCUT2D eigenvalue weighted by molar-refractivity contribution is -0.132. The van der Waals surface area contributed by atoms with Crippen LogP contribution < -0.4 is 20.7 Å². The van der Waals surface area contributed by atoms with Crippen LogP contribution in [0.3, 0.4) is 0 Å². The van der Waals surface area contributed by atoms with Crippen molar-refractivity contribution in [1.82, 2.24) is 10.2 Å². The molecule has 1 aliphatic heterocycles. The van der Waals surface area contributed by atoms with E-state index in [4.69, 9.17) is 10.5 Å². The number of nitrogens with one attached hydrogen (secondary N) is 1. The number of carbonyl (C=O) groups is 2. The average Bonchev–Trinajstić information content (AvgIpc) is 2.59. The van der Waals surface area contributed by atoms with Gasteiger partial charge in [0.1, 0.15) is 5.75 Å². The molecule has 1 saturated heterocycles. The maximum absolute atomic E-state index is 12.0. The molecule has 1 heterocycles.